The standard InChI is InChI=1S/C46H44FN5O6S/c47-31-7-3-30(4-8-31)43-41(36-14-12-34(53)27-39(36)59-43)42(55)29-5-9-32(10-6-29)51-24-22-49(23-25-51)19-1-2-28-17-20-50(21-18-28)33-11-13-35-37(26-33)46(58)52(45(35)57)38-15-16-40(54)48-44(38)56/h3-14,26-28,38,53H,1-2,15-25H2,(H,48,54,56). The first-order valence-electron chi connectivity index (χ1n) is 20.4. The predicted molar refractivity (Wildman–Crippen MR) is 225 cm³/mol. The lowest BCUT2D eigenvalue weighted by molar-refractivity contribution is -0.136. The Labute approximate surface area is 345 Å². The lowest BCUT2D eigenvalue weighted by Gasteiger charge is -2.37. The highest BCUT2D eigenvalue weighted by molar-refractivity contribution is 7.22. The van der Waals surface area contributed by atoms with Crippen molar-refractivity contribution in [3.63, 3.8) is 0 Å². The average molecular weight is 814 g/mol. The fourth-order valence-electron chi connectivity index (χ4n) is 9.05. The number of aromatic hydroxyl groups is 1. The first-order valence-corrected chi connectivity index (χ1v) is 21.2. The number of rotatable bonds is 10. The van der Waals surface area contributed by atoms with Crippen LogP contribution in [0.25, 0.3) is 20.5 Å². The number of piperidine rings is 2. The van der Waals surface area contributed by atoms with Gasteiger partial charge in [-0.25, -0.2) is 4.39 Å². The monoisotopic (exact) mass is 813 g/mol. The van der Waals surface area contributed by atoms with Crippen LogP contribution in [0, 0.1) is 11.7 Å². The van der Waals surface area contributed by atoms with E-state index < -0.39 is 29.7 Å². The van der Waals surface area contributed by atoms with Gasteiger partial charge < -0.3 is 14.9 Å². The molecular formula is C46H44FN5O6S. The third kappa shape index (κ3) is 7.60. The number of imide groups is 2. The van der Waals surface area contributed by atoms with Crippen LogP contribution in [0.3, 0.4) is 0 Å². The van der Waals surface area contributed by atoms with Gasteiger partial charge in [0.15, 0.2) is 5.78 Å². The van der Waals surface area contributed by atoms with E-state index in [1.54, 1.807) is 42.5 Å². The average Bonchev–Trinajstić information content (AvgIpc) is 3.74. The van der Waals surface area contributed by atoms with Crippen molar-refractivity contribution >= 4 is 62.2 Å². The van der Waals surface area contributed by atoms with Crippen LogP contribution in [-0.4, -0.2) is 96.2 Å². The molecule has 3 saturated heterocycles. The number of carbonyl (C=O) groups excluding carboxylic acids is 5. The Kier molecular flexibility index (Phi) is 10.5. The van der Waals surface area contributed by atoms with Gasteiger partial charge in [0.25, 0.3) is 11.8 Å². The molecule has 1 unspecified atom stereocenters. The lowest BCUT2D eigenvalue weighted by Crippen LogP contribution is -2.54. The molecule has 0 radical (unpaired) electrons. The number of thiophene rings is 1. The molecule has 0 spiro atoms. The fraction of sp³-hybridized carbons (Fsp3) is 0.326. The molecule has 4 aliphatic rings. The van der Waals surface area contributed by atoms with E-state index in [1.807, 2.05) is 30.3 Å². The summed E-state index contributed by atoms with van der Waals surface area (Å²) in [4.78, 5) is 73.4. The molecule has 4 amide bonds. The largest absolute Gasteiger partial charge is 0.508 e. The van der Waals surface area contributed by atoms with Gasteiger partial charge in [-0.15, -0.1) is 11.3 Å². The third-order valence-corrected chi connectivity index (χ3v) is 13.6. The number of phenols is 1. The number of anilines is 2. The number of nitrogens with zero attached hydrogens (tertiary/aromatic N) is 4. The minimum absolute atomic E-state index is 0.0932. The van der Waals surface area contributed by atoms with Crippen molar-refractivity contribution in [1.82, 2.24) is 15.1 Å². The van der Waals surface area contributed by atoms with Crippen LogP contribution in [0.5, 0.6) is 5.75 Å². The molecule has 3 fully saturated rings. The second-order valence-corrected chi connectivity index (χ2v) is 17.0. The van der Waals surface area contributed by atoms with Gasteiger partial charge in [-0.1, -0.05) is 12.1 Å². The molecular weight excluding hydrogens is 770 g/mol. The van der Waals surface area contributed by atoms with Crippen LogP contribution >= 0.6 is 11.3 Å². The van der Waals surface area contributed by atoms with Crippen LogP contribution in [0.2, 0.25) is 0 Å². The minimum atomic E-state index is -0.969. The molecule has 4 aliphatic heterocycles. The van der Waals surface area contributed by atoms with Crippen molar-refractivity contribution in [2.75, 3.05) is 55.6 Å². The van der Waals surface area contributed by atoms with Crippen LogP contribution in [0.1, 0.15) is 75.2 Å². The van der Waals surface area contributed by atoms with Gasteiger partial charge in [0, 0.05) is 83.2 Å². The molecule has 5 heterocycles. The number of hydrogen-bond acceptors (Lipinski definition) is 10. The van der Waals surface area contributed by atoms with E-state index in [0.717, 1.165) is 108 Å². The van der Waals surface area contributed by atoms with E-state index in [4.69, 9.17) is 0 Å². The molecule has 1 aromatic heterocycles. The zero-order valence-electron chi connectivity index (χ0n) is 32.5. The number of halogens is 1. The highest BCUT2D eigenvalue weighted by Gasteiger charge is 2.45. The van der Waals surface area contributed by atoms with E-state index in [2.05, 4.69) is 20.0 Å². The van der Waals surface area contributed by atoms with Crippen molar-refractivity contribution in [3.05, 3.63) is 113 Å². The van der Waals surface area contributed by atoms with Gasteiger partial charge in [-0.2, -0.15) is 0 Å². The topological polar surface area (TPSA) is 131 Å². The summed E-state index contributed by atoms with van der Waals surface area (Å²) in [7, 11) is 0. The van der Waals surface area contributed by atoms with Gasteiger partial charge in [0.1, 0.15) is 17.6 Å². The van der Waals surface area contributed by atoms with E-state index in [1.165, 1.54) is 23.5 Å². The van der Waals surface area contributed by atoms with Crippen LogP contribution in [-0.2, 0) is 9.59 Å². The molecule has 5 aromatic rings. The zero-order valence-corrected chi connectivity index (χ0v) is 33.3. The molecule has 0 aliphatic carbocycles. The van der Waals surface area contributed by atoms with Crippen molar-refractivity contribution in [3.8, 4) is 16.2 Å². The summed E-state index contributed by atoms with van der Waals surface area (Å²) in [6.45, 7) is 6.53. The quantitative estimate of drug-likeness (QED) is 0.115. The molecule has 11 nitrogen and oxygen atoms in total. The van der Waals surface area contributed by atoms with Crippen LogP contribution in [0.15, 0.2) is 84.9 Å². The maximum atomic E-state index is 14.0. The van der Waals surface area contributed by atoms with Gasteiger partial charge in [-0.3, -0.25) is 39.1 Å². The van der Waals surface area contributed by atoms with E-state index >= 15 is 0 Å². The Morgan fingerprint density at radius 2 is 1.46 bits per heavy atom. The molecule has 1 atom stereocenters. The number of phenolic OH excluding ortho intramolecular Hbond substituents is 1. The van der Waals surface area contributed by atoms with Gasteiger partial charge in [-0.05, 0) is 123 Å². The summed E-state index contributed by atoms with van der Waals surface area (Å²) in [5.74, 6) is -1.66. The molecule has 9 rings (SSSR count). The highest BCUT2D eigenvalue weighted by atomic mass is 32.1. The Morgan fingerprint density at radius 1 is 0.763 bits per heavy atom. The third-order valence-electron chi connectivity index (χ3n) is 12.4. The molecule has 13 heteroatoms. The van der Waals surface area contributed by atoms with Gasteiger partial charge in [0.05, 0.1) is 11.1 Å². The minimum Gasteiger partial charge on any atom is -0.508 e. The van der Waals surface area contributed by atoms with Crippen molar-refractivity contribution in [2.24, 2.45) is 5.92 Å². The SMILES string of the molecule is O=C1CCC(N2C(=O)c3ccc(N4CCC(CCCN5CCN(c6ccc(C(=O)c7c(-c8ccc(F)cc8)sc8cc(O)ccc78)cc6)CC5)CC4)cc3C2=O)C(=O)N1. The molecule has 2 N–H and O–H groups in total. The summed E-state index contributed by atoms with van der Waals surface area (Å²) >= 11 is 1.41. The van der Waals surface area contributed by atoms with Crippen molar-refractivity contribution in [1.29, 1.82) is 0 Å². The summed E-state index contributed by atoms with van der Waals surface area (Å²) < 4.78 is 14.5. The maximum absolute atomic E-state index is 14.0. The highest BCUT2D eigenvalue weighted by Crippen LogP contribution is 2.41. The molecule has 0 bridgehead atoms. The zero-order chi connectivity index (χ0) is 40.8. The first kappa shape index (κ1) is 38.6. The fourth-order valence-corrected chi connectivity index (χ4v) is 10.3. The maximum Gasteiger partial charge on any atom is 0.262 e. The van der Waals surface area contributed by atoms with Gasteiger partial charge >= 0.3 is 0 Å². The van der Waals surface area contributed by atoms with E-state index in [0.29, 0.717) is 28.2 Å². The Hall–Kier alpha value is -5.92. The Bertz CT molecular complexity index is 2470. The number of ketones is 1. The second-order valence-electron chi connectivity index (χ2n) is 15.9. The number of hydrogen-bond donors (Lipinski definition) is 2. The number of benzene rings is 4. The number of amides is 4. The molecule has 0 saturated carbocycles. The molecule has 59 heavy (non-hydrogen) atoms. The number of carbonyl (C=O) groups is 5. The van der Waals surface area contributed by atoms with Gasteiger partial charge in [0.2, 0.25) is 11.8 Å². The van der Waals surface area contributed by atoms with Crippen LogP contribution < -0.4 is 15.1 Å². The summed E-state index contributed by atoms with van der Waals surface area (Å²) in [6, 6.07) is 23.4. The summed E-state index contributed by atoms with van der Waals surface area (Å²) in [6.07, 6.45) is 4.63. The van der Waals surface area contributed by atoms with E-state index in [9.17, 15) is 33.5 Å². The predicted octanol–water partition coefficient (Wildman–Crippen LogP) is 6.86. The molecule has 302 valence electrons. The summed E-state index contributed by atoms with van der Waals surface area (Å²) in [5.41, 5.74) is 4.49. The first-order chi connectivity index (χ1) is 28.6. The normalized spacial score (nSPS) is 19.1. The lowest BCUT2D eigenvalue weighted by atomic mass is 9.91. The van der Waals surface area contributed by atoms with E-state index in [-0.39, 0.29) is 30.2 Å². The van der Waals surface area contributed by atoms with Crippen molar-refractivity contribution < 1.29 is 33.5 Å². The number of nitrogens with one attached hydrogen (secondary N) is 1. The smallest absolute Gasteiger partial charge is 0.262 e. The van der Waals surface area contributed by atoms with Crippen LogP contribution in [0.4, 0.5) is 15.8 Å². The Morgan fingerprint density at radius 3 is 2.19 bits per heavy atom. The Balaban J connectivity index is 0.744. The van der Waals surface area contributed by atoms with Crippen molar-refractivity contribution in [2.45, 2.75) is 44.6 Å². The molecule has 4 aromatic carbocycles. The number of piperazine rings is 1. The summed E-state index contributed by atoms with van der Waals surface area (Å²) in [5, 5.41) is 13.1. The second kappa shape index (κ2) is 16.0. The number of fused-ring (bicyclic) bond motifs is 2.